The van der Waals surface area contributed by atoms with Gasteiger partial charge in [0.05, 0.1) is 5.69 Å². The first-order valence-corrected chi connectivity index (χ1v) is 9.79. The van der Waals surface area contributed by atoms with Crippen molar-refractivity contribution in [2.45, 2.75) is 46.5 Å². The second kappa shape index (κ2) is 12.0. The molecule has 1 N–H and O–H groups in total. The van der Waals surface area contributed by atoms with E-state index in [9.17, 15) is 9.59 Å². The minimum absolute atomic E-state index is 0.240. The van der Waals surface area contributed by atoms with Gasteiger partial charge in [-0.2, -0.15) is 0 Å². The third-order valence-corrected chi connectivity index (χ3v) is 4.54. The summed E-state index contributed by atoms with van der Waals surface area (Å²) in [5.41, 5.74) is 0.844. The highest BCUT2D eigenvalue weighted by Gasteiger charge is 2.20. The predicted molar refractivity (Wildman–Crippen MR) is 109 cm³/mol. The summed E-state index contributed by atoms with van der Waals surface area (Å²) in [5.74, 6) is 1.13. The van der Waals surface area contributed by atoms with E-state index in [1.54, 1.807) is 18.3 Å². The third kappa shape index (κ3) is 6.66. The Hall–Kier alpha value is -2.44. The van der Waals surface area contributed by atoms with Crippen molar-refractivity contribution in [3.05, 3.63) is 23.7 Å². The van der Waals surface area contributed by atoms with Gasteiger partial charge < -0.3 is 15.1 Å². The van der Waals surface area contributed by atoms with Gasteiger partial charge in [0.25, 0.3) is 5.91 Å². The first-order chi connectivity index (χ1) is 13.1. The van der Waals surface area contributed by atoms with Crippen LogP contribution in [0.5, 0.6) is 0 Å². The highest BCUT2D eigenvalue weighted by atomic mass is 16.2. The van der Waals surface area contributed by atoms with Crippen LogP contribution >= 0.6 is 0 Å². The molecule has 2 amide bonds. The summed E-state index contributed by atoms with van der Waals surface area (Å²) < 4.78 is 0. The normalized spacial score (nSPS) is 14.9. The highest BCUT2D eigenvalue weighted by Crippen LogP contribution is 2.24. The summed E-state index contributed by atoms with van der Waals surface area (Å²) in [7, 11) is 3.06. The van der Waals surface area contributed by atoms with E-state index in [2.05, 4.69) is 27.1 Å². The van der Waals surface area contributed by atoms with Crippen molar-refractivity contribution in [2.75, 3.05) is 32.1 Å². The fourth-order valence-corrected chi connectivity index (χ4v) is 3.08. The Balaban J connectivity index is 0.00000176. The molecular weight excluding hydrogens is 342 g/mol. The number of nitrogens with zero attached hydrogens (tertiary/aromatic N) is 4. The second-order valence-corrected chi connectivity index (χ2v) is 6.33. The lowest BCUT2D eigenvalue weighted by Gasteiger charge is -2.31. The number of hydrogen-bond donors (Lipinski definition) is 1. The average Bonchev–Trinajstić information content (AvgIpc) is 2.73. The summed E-state index contributed by atoms with van der Waals surface area (Å²) in [6, 6.07) is 1.73. The van der Waals surface area contributed by atoms with Crippen LogP contribution in [-0.4, -0.2) is 54.4 Å². The van der Waals surface area contributed by atoms with Crippen LogP contribution in [0.1, 0.15) is 52.1 Å². The minimum Gasteiger partial charge on any atom is -0.354 e. The molecule has 7 nitrogen and oxygen atoms in total. The van der Waals surface area contributed by atoms with Gasteiger partial charge in [-0.25, -0.2) is 9.97 Å². The van der Waals surface area contributed by atoms with Crippen molar-refractivity contribution in [3.63, 3.8) is 0 Å². The Morgan fingerprint density at radius 3 is 2.59 bits per heavy atom. The SMILES string of the molecule is CC.CCCC1CCN(c2nccc(/C=C(/C(=O)NC)N(C)C=O)n2)CC1. The maximum atomic E-state index is 12.0. The molecule has 1 aliphatic rings. The molecule has 1 aromatic rings. The smallest absolute Gasteiger partial charge is 0.267 e. The van der Waals surface area contributed by atoms with Crippen molar-refractivity contribution in [3.8, 4) is 0 Å². The molecule has 0 spiro atoms. The number of likely N-dealkylation sites (N-methyl/N-ethyl adjacent to an activating group) is 2. The van der Waals surface area contributed by atoms with Gasteiger partial charge in [0.2, 0.25) is 12.4 Å². The second-order valence-electron chi connectivity index (χ2n) is 6.33. The Labute approximate surface area is 162 Å². The molecule has 0 saturated carbocycles. The number of anilines is 1. The summed E-state index contributed by atoms with van der Waals surface area (Å²) in [5, 5.41) is 2.53. The summed E-state index contributed by atoms with van der Waals surface area (Å²) in [4.78, 5) is 35.3. The Kier molecular flexibility index (Phi) is 10.1. The van der Waals surface area contributed by atoms with Crippen molar-refractivity contribution >= 4 is 24.3 Å². The molecule has 27 heavy (non-hydrogen) atoms. The fraction of sp³-hybridized carbons (Fsp3) is 0.600. The van der Waals surface area contributed by atoms with Gasteiger partial charge in [-0.3, -0.25) is 9.59 Å². The topological polar surface area (TPSA) is 78.4 Å². The zero-order chi connectivity index (χ0) is 20.2. The Morgan fingerprint density at radius 1 is 1.37 bits per heavy atom. The average molecular weight is 376 g/mol. The number of carbonyl (C=O) groups excluding carboxylic acids is 2. The lowest BCUT2D eigenvalue weighted by molar-refractivity contribution is -0.122. The standard InChI is InChI=1S/C18H27N5O2.C2H6/c1-4-5-14-7-10-23(11-8-14)18-20-9-6-15(21-18)12-16(17(25)19-2)22(3)13-24;1-2/h6,9,12-14H,4-5,7-8,10-11H2,1-3H3,(H,19,25);1-2H3/b16-12-;. The molecule has 1 aliphatic heterocycles. The molecule has 7 heteroatoms. The monoisotopic (exact) mass is 375 g/mol. The van der Waals surface area contributed by atoms with E-state index in [4.69, 9.17) is 0 Å². The molecule has 0 bridgehead atoms. The number of hydrogen-bond acceptors (Lipinski definition) is 5. The molecular formula is C20H33N5O2. The van der Waals surface area contributed by atoms with E-state index in [0.29, 0.717) is 18.1 Å². The molecule has 1 aromatic heterocycles. The molecule has 0 unspecified atom stereocenters. The van der Waals surface area contributed by atoms with Crippen molar-refractivity contribution < 1.29 is 9.59 Å². The van der Waals surface area contributed by atoms with E-state index < -0.39 is 0 Å². The van der Waals surface area contributed by atoms with E-state index >= 15 is 0 Å². The Morgan fingerprint density at radius 2 is 2.04 bits per heavy atom. The largest absolute Gasteiger partial charge is 0.354 e. The molecule has 1 fully saturated rings. The summed E-state index contributed by atoms with van der Waals surface area (Å²) in [6.45, 7) is 8.13. The zero-order valence-electron chi connectivity index (χ0n) is 17.2. The summed E-state index contributed by atoms with van der Waals surface area (Å²) in [6.07, 6.45) is 8.72. The molecule has 0 radical (unpaired) electrons. The number of amides is 2. The van der Waals surface area contributed by atoms with Crippen LogP contribution < -0.4 is 10.2 Å². The first-order valence-electron chi connectivity index (χ1n) is 9.79. The zero-order valence-corrected chi connectivity index (χ0v) is 17.2. The van der Waals surface area contributed by atoms with Gasteiger partial charge in [-0.1, -0.05) is 33.6 Å². The molecule has 2 rings (SSSR count). The van der Waals surface area contributed by atoms with Gasteiger partial charge in [-0.15, -0.1) is 0 Å². The number of nitrogens with one attached hydrogen (secondary N) is 1. The number of rotatable bonds is 7. The van der Waals surface area contributed by atoms with Crippen LogP contribution in [0.4, 0.5) is 5.95 Å². The van der Waals surface area contributed by atoms with Gasteiger partial charge in [0.15, 0.2) is 0 Å². The minimum atomic E-state index is -0.338. The molecule has 150 valence electrons. The van der Waals surface area contributed by atoms with Crippen molar-refractivity contribution in [1.29, 1.82) is 0 Å². The maximum absolute atomic E-state index is 12.0. The van der Waals surface area contributed by atoms with Crippen LogP contribution in [0.25, 0.3) is 6.08 Å². The quantitative estimate of drug-likeness (QED) is 0.586. The number of carbonyl (C=O) groups is 2. The lowest BCUT2D eigenvalue weighted by Crippen LogP contribution is -2.35. The number of piperidine rings is 1. The van der Waals surface area contributed by atoms with E-state index in [1.807, 2.05) is 13.8 Å². The summed E-state index contributed by atoms with van der Waals surface area (Å²) >= 11 is 0. The van der Waals surface area contributed by atoms with Crippen LogP contribution in [0.3, 0.4) is 0 Å². The van der Waals surface area contributed by atoms with Crippen molar-refractivity contribution in [1.82, 2.24) is 20.2 Å². The van der Waals surface area contributed by atoms with E-state index in [-0.39, 0.29) is 11.6 Å². The fourth-order valence-electron chi connectivity index (χ4n) is 3.08. The third-order valence-electron chi connectivity index (χ3n) is 4.54. The molecule has 1 saturated heterocycles. The molecule has 0 atom stereocenters. The van der Waals surface area contributed by atoms with Gasteiger partial charge >= 0.3 is 0 Å². The highest BCUT2D eigenvalue weighted by molar-refractivity contribution is 5.98. The number of aromatic nitrogens is 2. The Bertz CT molecular complexity index is 625. The van der Waals surface area contributed by atoms with Crippen LogP contribution in [0, 0.1) is 5.92 Å². The van der Waals surface area contributed by atoms with Gasteiger partial charge in [0.1, 0.15) is 5.70 Å². The molecule has 0 aliphatic carbocycles. The van der Waals surface area contributed by atoms with Crippen molar-refractivity contribution in [2.24, 2.45) is 5.92 Å². The van der Waals surface area contributed by atoms with Gasteiger partial charge in [-0.05, 0) is 30.9 Å². The van der Waals surface area contributed by atoms with E-state index in [1.165, 1.54) is 31.8 Å². The van der Waals surface area contributed by atoms with Crippen LogP contribution in [0.2, 0.25) is 0 Å². The lowest BCUT2D eigenvalue weighted by atomic mass is 9.93. The molecule has 0 aromatic carbocycles. The van der Waals surface area contributed by atoms with Crippen LogP contribution in [0.15, 0.2) is 18.0 Å². The van der Waals surface area contributed by atoms with Gasteiger partial charge in [0, 0.05) is 33.4 Å². The maximum Gasteiger partial charge on any atom is 0.267 e. The molecule has 2 heterocycles. The van der Waals surface area contributed by atoms with E-state index in [0.717, 1.165) is 31.8 Å². The van der Waals surface area contributed by atoms with Crippen LogP contribution in [-0.2, 0) is 9.59 Å². The first kappa shape index (κ1) is 22.6. The predicted octanol–water partition coefficient (Wildman–Crippen LogP) is 2.69.